The molecule has 1 atom stereocenters. The van der Waals surface area contributed by atoms with Crippen molar-refractivity contribution in [1.29, 1.82) is 0 Å². The van der Waals surface area contributed by atoms with Crippen LogP contribution >= 0.6 is 45.3 Å². The number of thiophene rings is 1. The molecule has 0 aromatic carbocycles. The van der Waals surface area contributed by atoms with Gasteiger partial charge in [-0.3, -0.25) is 0 Å². The molecule has 0 fully saturated rings. The van der Waals surface area contributed by atoms with Gasteiger partial charge in [0.1, 0.15) is 0 Å². The summed E-state index contributed by atoms with van der Waals surface area (Å²) in [4.78, 5) is 4.10. The lowest BCUT2D eigenvalue weighted by atomic mass is 10.1. The molecule has 20 heavy (non-hydrogen) atoms. The predicted molar refractivity (Wildman–Crippen MR) is 84.3 cm³/mol. The van der Waals surface area contributed by atoms with Crippen LogP contribution in [0, 0.1) is 2.88 Å². The Morgan fingerprint density at radius 3 is 2.70 bits per heavy atom. The second-order valence-electron chi connectivity index (χ2n) is 4.14. The Morgan fingerprint density at radius 2 is 2.20 bits per heavy atom. The van der Waals surface area contributed by atoms with Gasteiger partial charge in [0.2, 0.25) is 0 Å². The topological polar surface area (TPSA) is 24.9 Å². The third-order valence-corrected chi connectivity index (χ3v) is 5.48. The van der Waals surface area contributed by atoms with E-state index in [0.29, 0.717) is 16.2 Å². The van der Waals surface area contributed by atoms with Crippen LogP contribution < -0.4 is 5.32 Å². The molecule has 2 aromatic heterocycles. The van der Waals surface area contributed by atoms with Crippen LogP contribution in [-0.4, -0.2) is 11.5 Å². The predicted octanol–water partition coefficient (Wildman–Crippen LogP) is 4.92. The summed E-state index contributed by atoms with van der Waals surface area (Å²) in [5.74, 6) is 0. The second kappa shape index (κ2) is 6.71. The first-order chi connectivity index (χ1) is 9.41. The van der Waals surface area contributed by atoms with Crippen molar-refractivity contribution in [2.24, 2.45) is 0 Å². The van der Waals surface area contributed by atoms with E-state index in [1.807, 2.05) is 18.4 Å². The van der Waals surface area contributed by atoms with Gasteiger partial charge < -0.3 is 5.32 Å². The fraction of sp³-hybridized carbons (Fsp3) is 0.417. The van der Waals surface area contributed by atoms with Crippen molar-refractivity contribution in [1.82, 2.24) is 10.3 Å². The van der Waals surface area contributed by atoms with Crippen LogP contribution in [-0.2, 0) is 6.18 Å². The molecule has 2 nitrogen and oxygen atoms in total. The average molecular weight is 432 g/mol. The minimum Gasteiger partial charge on any atom is -0.306 e. The second-order valence-corrected chi connectivity index (χ2v) is 8.00. The minimum atomic E-state index is -4.37. The SMILES string of the molecule is CCCNC(c1csc(I)c1)c1cnc(C(F)(F)F)s1. The van der Waals surface area contributed by atoms with Crippen LogP contribution in [0.15, 0.2) is 17.6 Å². The first-order valence-electron chi connectivity index (χ1n) is 5.92. The molecule has 0 aliphatic carbocycles. The summed E-state index contributed by atoms with van der Waals surface area (Å²) >= 11 is 4.50. The molecule has 0 bridgehead atoms. The number of rotatable bonds is 5. The Balaban J connectivity index is 2.29. The van der Waals surface area contributed by atoms with E-state index in [2.05, 4.69) is 32.9 Å². The third kappa shape index (κ3) is 3.92. The summed E-state index contributed by atoms with van der Waals surface area (Å²) in [5.41, 5.74) is 0.991. The van der Waals surface area contributed by atoms with Crippen molar-refractivity contribution in [3.05, 3.63) is 36.0 Å². The molecule has 0 spiro atoms. The van der Waals surface area contributed by atoms with Crippen molar-refractivity contribution in [3.63, 3.8) is 0 Å². The van der Waals surface area contributed by atoms with Crippen LogP contribution in [0.4, 0.5) is 13.2 Å². The number of aromatic nitrogens is 1. The van der Waals surface area contributed by atoms with E-state index >= 15 is 0 Å². The summed E-state index contributed by atoms with van der Waals surface area (Å²) in [5, 5.41) is 4.47. The fourth-order valence-corrected chi connectivity index (χ4v) is 3.98. The Hall–Kier alpha value is -0.190. The van der Waals surface area contributed by atoms with E-state index < -0.39 is 11.2 Å². The molecular formula is C12H12F3IN2S2. The van der Waals surface area contributed by atoms with Crippen LogP contribution in [0.25, 0.3) is 0 Å². The zero-order chi connectivity index (χ0) is 14.8. The molecule has 2 aromatic rings. The van der Waals surface area contributed by atoms with Crippen LogP contribution in [0.5, 0.6) is 0 Å². The summed E-state index contributed by atoms with van der Waals surface area (Å²) in [7, 11) is 0. The van der Waals surface area contributed by atoms with E-state index in [4.69, 9.17) is 0 Å². The molecule has 8 heteroatoms. The van der Waals surface area contributed by atoms with Gasteiger partial charge in [-0.05, 0) is 52.6 Å². The van der Waals surface area contributed by atoms with Gasteiger partial charge in [0.05, 0.1) is 8.93 Å². The lowest BCUT2D eigenvalue weighted by Crippen LogP contribution is -2.21. The largest absolute Gasteiger partial charge is 0.443 e. The van der Waals surface area contributed by atoms with Crippen molar-refractivity contribution in [3.8, 4) is 0 Å². The first-order valence-corrected chi connectivity index (χ1v) is 8.69. The number of nitrogens with one attached hydrogen (secondary N) is 1. The molecule has 0 aliphatic rings. The van der Waals surface area contributed by atoms with Gasteiger partial charge in [0, 0.05) is 11.1 Å². The van der Waals surface area contributed by atoms with Crippen LogP contribution in [0.2, 0.25) is 0 Å². The van der Waals surface area contributed by atoms with Gasteiger partial charge in [-0.2, -0.15) is 13.2 Å². The van der Waals surface area contributed by atoms with Gasteiger partial charge in [0.15, 0.2) is 5.01 Å². The molecule has 0 amide bonds. The highest BCUT2D eigenvalue weighted by Gasteiger charge is 2.35. The van der Waals surface area contributed by atoms with Crippen molar-refractivity contribution >= 4 is 45.3 Å². The Morgan fingerprint density at radius 1 is 1.45 bits per heavy atom. The highest BCUT2D eigenvalue weighted by Crippen LogP contribution is 2.36. The van der Waals surface area contributed by atoms with Gasteiger partial charge in [-0.1, -0.05) is 6.92 Å². The molecule has 0 aliphatic heterocycles. The summed E-state index contributed by atoms with van der Waals surface area (Å²) < 4.78 is 39.1. The number of halogens is 4. The first kappa shape index (κ1) is 16.2. The quantitative estimate of drug-likeness (QED) is 0.679. The Kier molecular flexibility index (Phi) is 5.43. The normalized spacial score (nSPS) is 13.7. The van der Waals surface area contributed by atoms with E-state index in [1.54, 1.807) is 11.3 Å². The smallest absolute Gasteiger partial charge is 0.306 e. The van der Waals surface area contributed by atoms with Crippen molar-refractivity contribution in [2.75, 3.05) is 6.54 Å². The highest BCUT2D eigenvalue weighted by molar-refractivity contribution is 14.1. The van der Waals surface area contributed by atoms with Crippen molar-refractivity contribution < 1.29 is 13.2 Å². The number of hydrogen-bond donors (Lipinski definition) is 1. The van der Waals surface area contributed by atoms with Gasteiger partial charge >= 0.3 is 6.18 Å². The standard InChI is InChI=1S/C12H12F3IN2S2/c1-2-3-17-10(7-4-9(16)19-6-7)8-5-18-11(20-8)12(13,14)15/h4-6,10,17H,2-3H2,1H3. The number of hydrogen-bond acceptors (Lipinski definition) is 4. The number of nitrogens with zero attached hydrogens (tertiary/aromatic N) is 1. The van der Waals surface area contributed by atoms with E-state index in [-0.39, 0.29) is 6.04 Å². The summed E-state index contributed by atoms with van der Waals surface area (Å²) in [6.45, 7) is 2.77. The minimum absolute atomic E-state index is 0.219. The van der Waals surface area contributed by atoms with E-state index in [9.17, 15) is 13.2 Å². The summed E-state index contributed by atoms with van der Waals surface area (Å²) in [6, 6.07) is 1.77. The van der Waals surface area contributed by atoms with Gasteiger partial charge in [-0.15, -0.1) is 22.7 Å². The molecular weight excluding hydrogens is 420 g/mol. The van der Waals surface area contributed by atoms with Gasteiger partial charge in [0.25, 0.3) is 0 Å². The van der Waals surface area contributed by atoms with Gasteiger partial charge in [-0.25, -0.2) is 4.98 Å². The average Bonchev–Trinajstić information content (AvgIpc) is 2.99. The Bertz CT molecular complexity index is 565. The number of alkyl halides is 3. The van der Waals surface area contributed by atoms with Crippen molar-refractivity contribution in [2.45, 2.75) is 25.6 Å². The van der Waals surface area contributed by atoms with Crippen LogP contribution in [0.3, 0.4) is 0 Å². The molecule has 110 valence electrons. The lowest BCUT2D eigenvalue weighted by Gasteiger charge is -2.15. The third-order valence-electron chi connectivity index (χ3n) is 2.57. The van der Waals surface area contributed by atoms with Crippen LogP contribution in [0.1, 0.15) is 34.8 Å². The highest BCUT2D eigenvalue weighted by atomic mass is 127. The summed E-state index contributed by atoms with van der Waals surface area (Å²) in [6.07, 6.45) is -2.13. The molecule has 0 radical (unpaired) electrons. The molecule has 1 N–H and O–H groups in total. The molecule has 1 unspecified atom stereocenters. The zero-order valence-electron chi connectivity index (χ0n) is 10.5. The molecule has 0 saturated heterocycles. The Labute approximate surface area is 136 Å². The van der Waals surface area contributed by atoms with E-state index in [1.165, 1.54) is 6.20 Å². The zero-order valence-corrected chi connectivity index (χ0v) is 14.3. The monoisotopic (exact) mass is 432 g/mol. The lowest BCUT2D eigenvalue weighted by molar-refractivity contribution is -0.137. The van der Waals surface area contributed by atoms with E-state index in [0.717, 1.165) is 21.4 Å². The fourth-order valence-electron chi connectivity index (χ4n) is 1.70. The maximum Gasteiger partial charge on any atom is 0.443 e. The maximum absolute atomic E-state index is 12.7. The maximum atomic E-state index is 12.7. The molecule has 2 rings (SSSR count). The molecule has 2 heterocycles. The molecule has 0 saturated carbocycles. The number of thiazole rings is 1.